The van der Waals surface area contributed by atoms with E-state index in [9.17, 15) is 0 Å². The van der Waals surface area contributed by atoms with E-state index in [0.717, 1.165) is 44.2 Å². The maximum atomic E-state index is 6.75. The highest BCUT2D eigenvalue weighted by atomic mass is 32.1. The van der Waals surface area contributed by atoms with Gasteiger partial charge in [0.05, 0.1) is 5.56 Å². The Labute approximate surface area is 324 Å². The van der Waals surface area contributed by atoms with E-state index in [0.29, 0.717) is 46.1 Å². The van der Waals surface area contributed by atoms with Crippen molar-refractivity contribution in [2.75, 3.05) is 0 Å². The van der Waals surface area contributed by atoms with Crippen LogP contribution < -0.4 is 0 Å². The van der Waals surface area contributed by atoms with Crippen molar-refractivity contribution >= 4 is 53.4 Å². The fourth-order valence-corrected chi connectivity index (χ4v) is 8.43. The molecule has 0 fully saturated rings. The second kappa shape index (κ2) is 13.2. The van der Waals surface area contributed by atoms with Gasteiger partial charge in [0.2, 0.25) is 0 Å². The van der Waals surface area contributed by atoms with E-state index in [2.05, 4.69) is 48.5 Å². The van der Waals surface area contributed by atoms with E-state index in [1.165, 1.54) is 20.2 Å². The van der Waals surface area contributed by atoms with Gasteiger partial charge in [0, 0.05) is 58.8 Å². The van der Waals surface area contributed by atoms with Gasteiger partial charge < -0.3 is 4.42 Å². The van der Waals surface area contributed by atoms with Crippen molar-refractivity contribution < 1.29 is 4.42 Å². The lowest BCUT2D eigenvalue weighted by atomic mass is 10.0. The Morgan fingerprint density at radius 2 is 0.821 bits per heavy atom. The standard InChI is InChI=1S/C48H28N6OS/c1-4-14-29(15-5-1)43-49-44(30-16-6-2-7-17-30)52-47(51-43)35-22-13-24-38-41(35)34-21-12-23-36(42(34)55-38)48-53-45(31-18-8-3-9-19-31)50-46(54-48)32-26-27-40-37(28-32)33-20-10-11-25-39(33)56-40/h1-28H. The third-order valence-corrected chi connectivity index (χ3v) is 11.2. The van der Waals surface area contributed by atoms with Gasteiger partial charge in [-0.25, -0.2) is 29.9 Å². The third-order valence-electron chi connectivity index (χ3n) is 10.0. The maximum Gasteiger partial charge on any atom is 0.167 e. The zero-order valence-electron chi connectivity index (χ0n) is 29.7. The number of aromatic nitrogens is 6. The first kappa shape index (κ1) is 32.0. The molecule has 0 aliphatic carbocycles. The summed E-state index contributed by atoms with van der Waals surface area (Å²) in [5, 5.41) is 4.22. The number of nitrogens with zero attached hydrogens (tertiary/aromatic N) is 6. The van der Waals surface area contributed by atoms with Crippen LogP contribution in [0, 0.1) is 0 Å². The van der Waals surface area contributed by atoms with Gasteiger partial charge in [-0.05, 0) is 36.4 Å². The number of rotatable bonds is 6. The molecule has 0 aliphatic rings. The number of para-hydroxylation sites is 1. The first-order valence-electron chi connectivity index (χ1n) is 18.3. The van der Waals surface area contributed by atoms with Gasteiger partial charge in [-0.1, -0.05) is 133 Å². The van der Waals surface area contributed by atoms with Gasteiger partial charge in [-0.2, -0.15) is 0 Å². The average molecular weight is 737 g/mol. The van der Waals surface area contributed by atoms with Gasteiger partial charge in [0.1, 0.15) is 11.2 Å². The van der Waals surface area contributed by atoms with Crippen LogP contribution >= 0.6 is 11.3 Å². The summed E-state index contributed by atoms with van der Waals surface area (Å²) >= 11 is 1.79. The Kier molecular flexibility index (Phi) is 7.53. The fraction of sp³-hybridized carbons (Fsp3) is 0. The molecule has 0 bridgehead atoms. The van der Waals surface area contributed by atoms with Crippen LogP contribution in [0.15, 0.2) is 174 Å². The van der Waals surface area contributed by atoms with Crippen molar-refractivity contribution in [3.63, 3.8) is 0 Å². The molecule has 0 aliphatic heterocycles. The molecule has 0 N–H and O–H groups in total. The van der Waals surface area contributed by atoms with E-state index < -0.39 is 0 Å². The van der Waals surface area contributed by atoms with Gasteiger partial charge >= 0.3 is 0 Å². The Balaban J connectivity index is 1.11. The topological polar surface area (TPSA) is 90.5 Å². The maximum absolute atomic E-state index is 6.75. The highest BCUT2D eigenvalue weighted by Gasteiger charge is 2.22. The molecule has 11 rings (SSSR count). The third kappa shape index (κ3) is 5.51. The van der Waals surface area contributed by atoms with Crippen molar-refractivity contribution in [3.05, 3.63) is 170 Å². The molecule has 56 heavy (non-hydrogen) atoms. The summed E-state index contributed by atoms with van der Waals surface area (Å²) in [5.41, 5.74) is 6.62. The SMILES string of the molecule is c1ccc(-c2nc(-c3ccc4sc5ccccc5c4c3)nc(-c3cccc4c3oc3cccc(-c5nc(-c6ccccc6)nc(-c6ccccc6)n5)c34)n2)cc1. The number of benzene rings is 7. The minimum atomic E-state index is 0.522. The number of hydrogen-bond acceptors (Lipinski definition) is 8. The molecule has 4 heterocycles. The monoisotopic (exact) mass is 736 g/mol. The number of fused-ring (bicyclic) bond motifs is 6. The lowest BCUT2D eigenvalue weighted by Crippen LogP contribution is -2.00. The van der Waals surface area contributed by atoms with Crippen LogP contribution in [-0.2, 0) is 0 Å². The molecule has 0 radical (unpaired) electrons. The predicted molar refractivity (Wildman–Crippen MR) is 226 cm³/mol. The summed E-state index contributed by atoms with van der Waals surface area (Å²) < 4.78 is 9.22. The van der Waals surface area contributed by atoms with Crippen LogP contribution in [0.1, 0.15) is 0 Å². The van der Waals surface area contributed by atoms with Crippen molar-refractivity contribution in [1.29, 1.82) is 0 Å². The van der Waals surface area contributed by atoms with Crippen molar-refractivity contribution in [1.82, 2.24) is 29.9 Å². The minimum Gasteiger partial charge on any atom is -0.455 e. The van der Waals surface area contributed by atoms with Crippen LogP contribution in [-0.4, -0.2) is 29.9 Å². The van der Waals surface area contributed by atoms with Crippen LogP contribution in [0.5, 0.6) is 0 Å². The first-order valence-corrected chi connectivity index (χ1v) is 19.1. The second-order valence-corrected chi connectivity index (χ2v) is 14.6. The molecule has 11 aromatic rings. The number of hydrogen-bond donors (Lipinski definition) is 0. The predicted octanol–water partition coefficient (Wildman–Crippen LogP) is 12.3. The fourth-order valence-electron chi connectivity index (χ4n) is 7.35. The molecule has 4 aromatic heterocycles. The Morgan fingerprint density at radius 3 is 1.46 bits per heavy atom. The van der Waals surface area contributed by atoms with Crippen LogP contribution in [0.2, 0.25) is 0 Å². The summed E-state index contributed by atoms with van der Waals surface area (Å²) in [6.07, 6.45) is 0. The van der Waals surface area contributed by atoms with E-state index in [-0.39, 0.29) is 0 Å². The summed E-state index contributed by atoms with van der Waals surface area (Å²) in [7, 11) is 0. The zero-order chi connectivity index (χ0) is 37.0. The van der Waals surface area contributed by atoms with Gasteiger partial charge in [-0.15, -0.1) is 11.3 Å². The summed E-state index contributed by atoms with van der Waals surface area (Å²) in [5.74, 6) is 3.45. The van der Waals surface area contributed by atoms with Crippen LogP contribution in [0.3, 0.4) is 0 Å². The number of thiophene rings is 1. The van der Waals surface area contributed by atoms with Crippen molar-refractivity contribution in [2.45, 2.75) is 0 Å². The quantitative estimate of drug-likeness (QED) is 0.168. The molecule has 0 spiro atoms. The van der Waals surface area contributed by atoms with Crippen LogP contribution in [0.25, 0.3) is 110 Å². The minimum absolute atomic E-state index is 0.522. The molecule has 0 amide bonds. The lowest BCUT2D eigenvalue weighted by Gasteiger charge is -2.09. The second-order valence-electron chi connectivity index (χ2n) is 13.5. The van der Waals surface area contributed by atoms with E-state index in [4.69, 9.17) is 34.3 Å². The first-order chi connectivity index (χ1) is 27.7. The van der Waals surface area contributed by atoms with E-state index >= 15 is 0 Å². The normalized spacial score (nSPS) is 11.6. The molecule has 0 atom stereocenters. The molecule has 0 saturated carbocycles. The molecule has 0 unspecified atom stereocenters. The van der Waals surface area contributed by atoms with Gasteiger partial charge in [0.15, 0.2) is 34.9 Å². The summed E-state index contributed by atoms with van der Waals surface area (Å²) in [4.78, 5) is 30.3. The zero-order valence-corrected chi connectivity index (χ0v) is 30.5. The number of furan rings is 1. The molecular weight excluding hydrogens is 709 g/mol. The highest BCUT2D eigenvalue weighted by molar-refractivity contribution is 7.25. The van der Waals surface area contributed by atoms with E-state index in [1.807, 2.05) is 121 Å². The summed E-state index contributed by atoms with van der Waals surface area (Å²) in [6, 6.07) is 57.1. The smallest absolute Gasteiger partial charge is 0.167 e. The molecule has 7 aromatic carbocycles. The van der Waals surface area contributed by atoms with Crippen molar-refractivity contribution in [2.24, 2.45) is 0 Å². The Hall–Kier alpha value is -7.42. The molecule has 262 valence electrons. The van der Waals surface area contributed by atoms with E-state index in [1.54, 1.807) is 11.3 Å². The summed E-state index contributed by atoms with van der Waals surface area (Å²) in [6.45, 7) is 0. The molecular formula is C48H28N6OS. The molecule has 7 nitrogen and oxygen atoms in total. The Morgan fingerprint density at radius 1 is 0.339 bits per heavy atom. The lowest BCUT2D eigenvalue weighted by molar-refractivity contribution is 0.669. The van der Waals surface area contributed by atoms with Gasteiger partial charge in [0.25, 0.3) is 0 Å². The molecule has 0 saturated heterocycles. The highest BCUT2D eigenvalue weighted by Crippen LogP contribution is 2.41. The molecule has 8 heteroatoms. The Bertz CT molecular complexity index is 3200. The van der Waals surface area contributed by atoms with Crippen LogP contribution in [0.4, 0.5) is 0 Å². The van der Waals surface area contributed by atoms with Crippen molar-refractivity contribution in [3.8, 4) is 68.3 Å². The average Bonchev–Trinajstić information content (AvgIpc) is 3.85. The largest absolute Gasteiger partial charge is 0.455 e. The van der Waals surface area contributed by atoms with Gasteiger partial charge in [-0.3, -0.25) is 0 Å².